The van der Waals surface area contributed by atoms with Crippen molar-refractivity contribution in [2.24, 2.45) is 12.2 Å². The summed E-state index contributed by atoms with van der Waals surface area (Å²) in [6.07, 6.45) is 6.49. The van der Waals surface area contributed by atoms with Crippen molar-refractivity contribution in [2.45, 2.75) is 34.1 Å². The van der Waals surface area contributed by atoms with Crippen LogP contribution in [0.3, 0.4) is 0 Å². The Morgan fingerprint density at radius 2 is 1.93 bits per heavy atom. The molecular formula is C21H29N3O3. The second-order valence-corrected chi connectivity index (χ2v) is 6.38. The van der Waals surface area contributed by atoms with Crippen LogP contribution in [0.4, 0.5) is 0 Å². The van der Waals surface area contributed by atoms with Crippen LogP contribution in [-0.4, -0.2) is 35.6 Å². The number of rotatable bonds is 9. The minimum atomic E-state index is 0.549. The van der Waals surface area contributed by atoms with Gasteiger partial charge in [-0.3, -0.25) is 0 Å². The second-order valence-electron chi connectivity index (χ2n) is 6.38. The molecule has 1 aromatic heterocycles. The first-order valence-corrected chi connectivity index (χ1v) is 9.04. The summed E-state index contributed by atoms with van der Waals surface area (Å²) in [5.41, 5.74) is 5.07. The minimum Gasteiger partial charge on any atom is -0.490 e. The standard InChI is InChI=1S/C21H29N3O3/c1-7-8-10-26-18-12-15(2)19(16(3)13-18)9-11-27-21-20(17(4)23-25-6)22-14-24(21)5/h7-8,12-14H,9-11H2,1-6H3/b8-7+,23-17+. The normalized spacial score (nSPS) is 11.9. The lowest BCUT2D eigenvalue weighted by atomic mass is 10.00. The van der Waals surface area contributed by atoms with Crippen LogP contribution >= 0.6 is 0 Å². The van der Waals surface area contributed by atoms with Crippen LogP contribution in [0.1, 0.15) is 36.2 Å². The van der Waals surface area contributed by atoms with E-state index in [2.05, 4.69) is 36.1 Å². The van der Waals surface area contributed by atoms with Gasteiger partial charge in [-0.25, -0.2) is 4.98 Å². The molecule has 0 saturated heterocycles. The zero-order chi connectivity index (χ0) is 19.8. The number of aromatic nitrogens is 2. The van der Waals surface area contributed by atoms with Crippen LogP contribution in [-0.2, 0) is 18.3 Å². The van der Waals surface area contributed by atoms with Gasteiger partial charge in [-0.05, 0) is 56.5 Å². The molecule has 0 N–H and O–H groups in total. The molecule has 1 heterocycles. The molecule has 0 aliphatic rings. The molecule has 6 heteroatoms. The van der Waals surface area contributed by atoms with Gasteiger partial charge in [0.15, 0.2) is 0 Å². The van der Waals surface area contributed by atoms with Crippen LogP contribution in [0.15, 0.2) is 35.8 Å². The number of hydrogen-bond acceptors (Lipinski definition) is 5. The highest BCUT2D eigenvalue weighted by molar-refractivity contribution is 5.98. The maximum absolute atomic E-state index is 6.02. The molecule has 0 aliphatic carbocycles. The number of ether oxygens (including phenoxy) is 2. The molecule has 0 unspecified atom stereocenters. The smallest absolute Gasteiger partial charge is 0.223 e. The highest BCUT2D eigenvalue weighted by Crippen LogP contribution is 2.23. The molecule has 6 nitrogen and oxygen atoms in total. The second kappa shape index (κ2) is 9.80. The van der Waals surface area contributed by atoms with E-state index < -0.39 is 0 Å². The Balaban J connectivity index is 2.06. The van der Waals surface area contributed by atoms with Gasteiger partial charge >= 0.3 is 0 Å². The van der Waals surface area contributed by atoms with Crippen molar-refractivity contribution >= 4 is 5.71 Å². The van der Waals surface area contributed by atoms with Crippen molar-refractivity contribution in [3.63, 3.8) is 0 Å². The molecule has 0 bridgehead atoms. The fourth-order valence-electron chi connectivity index (χ4n) is 2.94. The number of allylic oxidation sites excluding steroid dienone is 1. The molecule has 2 rings (SSSR count). The van der Waals surface area contributed by atoms with E-state index in [-0.39, 0.29) is 0 Å². The molecule has 0 radical (unpaired) electrons. The Morgan fingerprint density at radius 3 is 2.56 bits per heavy atom. The van der Waals surface area contributed by atoms with Crippen molar-refractivity contribution in [2.75, 3.05) is 20.3 Å². The molecule has 0 aliphatic heterocycles. The van der Waals surface area contributed by atoms with E-state index in [9.17, 15) is 0 Å². The quantitative estimate of drug-likeness (QED) is 0.380. The summed E-state index contributed by atoms with van der Waals surface area (Å²) >= 11 is 0. The van der Waals surface area contributed by atoms with Gasteiger partial charge in [-0.15, -0.1) is 0 Å². The van der Waals surface area contributed by atoms with Gasteiger partial charge in [0.25, 0.3) is 0 Å². The van der Waals surface area contributed by atoms with E-state index in [1.807, 2.05) is 37.6 Å². The predicted molar refractivity (Wildman–Crippen MR) is 108 cm³/mol. The third kappa shape index (κ3) is 5.36. The maximum atomic E-state index is 6.02. The molecule has 0 atom stereocenters. The fourth-order valence-corrected chi connectivity index (χ4v) is 2.94. The number of aryl methyl sites for hydroxylation is 3. The summed E-state index contributed by atoms with van der Waals surface area (Å²) in [6.45, 7) is 9.18. The third-order valence-corrected chi connectivity index (χ3v) is 4.30. The Hall–Kier alpha value is -2.76. The van der Waals surface area contributed by atoms with Crippen molar-refractivity contribution in [1.29, 1.82) is 0 Å². The minimum absolute atomic E-state index is 0.549. The van der Waals surface area contributed by atoms with Crippen molar-refractivity contribution in [1.82, 2.24) is 9.55 Å². The summed E-state index contributed by atoms with van der Waals surface area (Å²) in [4.78, 5) is 9.19. The molecule has 0 spiro atoms. The summed E-state index contributed by atoms with van der Waals surface area (Å²) in [6, 6.07) is 4.16. The Kier molecular flexibility index (Phi) is 7.46. The predicted octanol–water partition coefficient (Wildman–Crippen LogP) is 3.98. The third-order valence-electron chi connectivity index (χ3n) is 4.30. The Morgan fingerprint density at radius 1 is 1.22 bits per heavy atom. The average Bonchev–Trinajstić information content (AvgIpc) is 2.98. The largest absolute Gasteiger partial charge is 0.490 e. The van der Waals surface area contributed by atoms with E-state index in [1.165, 1.54) is 23.8 Å². The van der Waals surface area contributed by atoms with Gasteiger partial charge in [-0.2, -0.15) is 0 Å². The number of benzene rings is 1. The Bertz CT molecular complexity index is 799. The van der Waals surface area contributed by atoms with E-state index in [4.69, 9.17) is 14.3 Å². The van der Waals surface area contributed by atoms with Crippen LogP contribution in [0.2, 0.25) is 0 Å². The molecule has 2 aromatic rings. The summed E-state index contributed by atoms with van der Waals surface area (Å²) in [7, 11) is 3.42. The number of imidazole rings is 1. The molecule has 146 valence electrons. The summed E-state index contributed by atoms with van der Waals surface area (Å²) in [5, 5.41) is 3.95. The van der Waals surface area contributed by atoms with E-state index in [0.717, 1.165) is 12.2 Å². The van der Waals surface area contributed by atoms with Gasteiger partial charge in [0.05, 0.1) is 12.9 Å². The van der Waals surface area contributed by atoms with Crippen LogP contribution in [0.25, 0.3) is 0 Å². The van der Waals surface area contributed by atoms with Crippen molar-refractivity contribution in [3.8, 4) is 11.6 Å². The first-order valence-electron chi connectivity index (χ1n) is 9.04. The number of hydrogen-bond donors (Lipinski definition) is 0. The van der Waals surface area contributed by atoms with E-state index in [1.54, 1.807) is 6.33 Å². The molecule has 0 saturated carbocycles. The van der Waals surface area contributed by atoms with Gasteiger partial charge in [-0.1, -0.05) is 17.3 Å². The lowest BCUT2D eigenvalue weighted by Crippen LogP contribution is -2.09. The average molecular weight is 371 g/mol. The SMILES string of the molecule is C/C=C/COc1cc(C)c(CCOc2c(/C(C)=N/OC)ncn2C)c(C)c1. The topological polar surface area (TPSA) is 57.9 Å². The molecule has 1 aromatic carbocycles. The number of oxime groups is 1. The zero-order valence-electron chi connectivity index (χ0n) is 17.1. The van der Waals surface area contributed by atoms with Gasteiger partial charge in [0.2, 0.25) is 5.88 Å². The van der Waals surface area contributed by atoms with Crippen molar-refractivity contribution < 1.29 is 14.3 Å². The first kappa shape index (κ1) is 20.6. The fraction of sp³-hybridized carbons (Fsp3) is 0.429. The summed E-state index contributed by atoms with van der Waals surface area (Å²) in [5.74, 6) is 1.59. The van der Waals surface area contributed by atoms with Crippen LogP contribution in [0.5, 0.6) is 11.6 Å². The van der Waals surface area contributed by atoms with Crippen LogP contribution < -0.4 is 9.47 Å². The highest BCUT2D eigenvalue weighted by Gasteiger charge is 2.14. The zero-order valence-corrected chi connectivity index (χ0v) is 17.1. The lowest BCUT2D eigenvalue weighted by molar-refractivity contribution is 0.213. The van der Waals surface area contributed by atoms with E-state index >= 15 is 0 Å². The number of nitrogens with zero attached hydrogens (tertiary/aromatic N) is 3. The molecule has 27 heavy (non-hydrogen) atoms. The molecule has 0 fully saturated rings. The van der Waals surface area contributed by atoms with Gasteiger partial charge < -0.3 is 18.9 Å². The van der Waals surface area contributed by atoms with E-state index in [0.29, 0.717) is 30.5 Å². The van der Waals surface area contributed by atoms with Gasteiger partial charge in [0.1, 0.15) is 30.9 Å². The van der Waals surface area contributed by atoms with Crippen LogP contribution in [0, 0.1) is 13.8 Å². The first-order chi connectivity index (χ1) is 13.0. The highest BCUT2D eigenvalue weighted by atomic mass is 16.6. The monoisotopic (exact) mass is 371 g/mol. The molecule has 0 amide bonds. The van der Waals surface area contributed by atoms with Crippen molar-refractivity contribution in [3.05, 3.63) is 53.0 Å². The lowest BCUT2D eigenvalue weighted by Gasteiger charge is -2.14. The Labute approximate surface area is 161 Å². The summed E-state index contributed by atoms with van der Waals surface area (Å²) < 4.78 is 13.6. The van der Waals surface area contributed by atoms with Gasteiger partial charge in [0, 0.05) is 13.5 Å². The maximum Gasteiger partial charge on any atom is 0.223 e. The molecular weight excluding hydrogens is 342 g/mol.